The van der Waals surface area contributed by atoms with Gasteiger partial charge in [0.15, 0.2) is 0 Å². The summed E-state index contributed by atoms with van der Waals surface area (Å²) in [6, 6.07) is 7.58. The minimum Gasteiger partial charge on any atom is -0.497 e. The topological polar surface area (TPSA) is 69.2 Å². The molecule has 0 aliphatic carbocycles. The van der Waals surface area contributed by atoms with Gasteiger partial charge in [0.05, 0.1) is 25.7 Å². The molecule has 0 atom stereocenters. The van der Waals surface area contributed by atoms with Crippen LogP contribution in [0.2, 0.25) is 0 Å². The van der Waals surface area contributed by atoms with Gasteiger partial charge >= 0.3 is 0 Å². The van der Waals surface area contributed by atoms with E-state index in [2.05, 4.69) is 31.5 Å². The number of aromatic nitrogens is 4. The number of nitrogens with zero attached hydrogens (tertiary/aromatic N) is 5. The molecule has 2 aromatic heterocycles. The first-order valence-corrected chi connectivity index (χ1v) is 7.84. The molecule has 0 aliphatic rings. The van der Waals surface area contributed by atoms with Gasteiger partial charge in [-0.3, -0.25) is 4.90 Å². The highest BCUT2D eigenvalue weighted by molar-refractivity contribution is 5.55. The van der Waals surface area contributed by atoms with Crippen molar-refractivity contribution >= 4 is 0 Å². The van der Waals surface area contributed by atoms with Crippen LogP contribution in [0.1, 0.15) is 18.5 Å². The molecule has 0 amide bonds. The van der Waals surface area contributed by atoms with Gasteiger partial charge in [0.25, 0.3) is 0 Å². The van der Waals surface area contributed by atoms with E-state index in [0.29, 0.717) is 18.3 Å². The fourth-order valence-corrected chi connectivity index (χ4v) is 2.50. The van der Waals surface area contributed by atoms with Gasteiger partial charge in [-0.15, -0.1) is 0 Å². The third kappa shape index (κ3) is 3.62. The van der Waals surface area contributed by atoms with Crippen LogP contribution in [0.25, 0.3) is 11.4 Å². The number of methoxy groups -OCH3 is 1. The van der Waals surface area contributed by atoms with E-state index in [-0.39, 0.29) is 0 Å². The van der Waals surface area contributed by atoms with E-state index in [1.807, 2.05) is 43.8 Å². The van der Waals surface area contributed by atoms with Gasteiger partial charge in [-0.05, 0) is 38.2 Å². The van der Waals surface area contributed by atoms with Crippen LogP contribution in [0, 0.1) is 0 Å². The molecule has 0 spiro atoms. The SMILES string of the molecule is CCn1cncc1CN(C)Cc1nc(-c2ccc(OC)cc2)no1. The standard InChI is InChI=1S/C17H21N5O2/c1-4-22-12-18-9-14(22)10-21(2)11-16-19-17(20-24-16)13-5-7-15(23-3)8-6-13/h5-9,12H,4,10-11H2,1-3H3. The monoisotopic (exact) mass is 327 g/mol. The van der Waals surface area contributed by atoms with Crippen LogP contribution in [0.15, 0.2) is 41.3 Å². The Labute approximate surface area is 140 Å². The zero-order valence-corrected chi connectivity index (χ0v) is 14.1. The molecule has 0 radical (unpaired) electrons. The van der Waals surface area contributed by atoms with Gasteiger partial charge in [-0.25, -0.2) is 4.98 Å². The molecule has 0 saturated carbocycles. The maximum absolute atomic E-state index is 5.37. The lowest BCUT2D eigenvalue weighted by molar-refractivity contribution is 0.256. The molecule has 24 heavy (non-hydrogen) atoms. The predicted molar refractivity (Wildman–Crippen MR) is 89.4 cm³/mol. The fraction of sp³-hybridized carbons (Fsp3) is 0.353. The Hall–Kier alpha value is -2.67. The molecular formula is C17H21N5O2. The van der Waals surface area contributed by atoms with Crippen molar-refractivity contribution in [3.63, 3.8) is 0 Å². The van der Waals surface area contributed by atoms with Gasteiger partial charge in [-0.1, -0.05) is 5.16 Å². The zero-order chi connectivity index (χ0) is 16.9. The summed E-state index contributed by atoms with van der Waals surface area (Å²) in [4.78, 5) is 10.8. The van der Waals surface area contributed by atoms with E-state index < -0.39 is 0 Å². The Bertz CT molecular complexity index is 778. The number of rotatable bonds is 7. The summed E-state index contributed by atoms with van der Waals surface area (Å²) in [6.45, 7) is 4.36. The Morgan fingerprint density at radius 1 is 1.21 bits per heavy atom. The minimum atomic E-state index is 0.581. The lowest BCUT2D eigenvalue weighted by Crippen LogP contribution is -2.19. The van der Waals surface area contributed by atoms with Crippen LogP contribution in [-0.2, 0) is 19.6 Å². The Balaban J connectivity index is 1.64. The average Bonchev–Trinajstić information content (AvgIpc) is 3.24. The summed E-state index contributed by atoms with van der Waals surface area (Å²) in [5, 5.41) is 4.05. The molecule has 3 rings (SSSR count). The number of ether oxygens (including phenoxy) is 1. The molecule has 2 heterocycles. The molecule has 0 saturated heterocycles. The van der Waals surface area contributed by atoms with Gasteiger partial charge in [0.1, 0.15) is 5.75 Å². The van der Waals surface area contributed by atoms with Crippen LogP contribution in [-0.4, -0.2) is 38.7 Å². The summed E-state index contributed by atoms with van der Waals surface area (Å²) in [5.74, 6) is 1.97. The molecule has 0 bridgehead atoms. The Morgan fingerprint density at radius 2 is 2.00 bits per heavy atom. The van der Waals surface area contributed by atoms with Crippen molar-refractivity contribution in [1.29, 1.82) is 0 Å². The number of aryl methyl sites for hydroxylation is 1. The zero-order valence-electron chi connectivity index (χ0n) is 14.1. The van der Waals surface area contributed by atoms with Crippen molar-refractivity contribution < 1.29 is 9.26 Å². The fourth-order valence-electron chi connectivity index (χ4n) is 2.50. The maximum Gasteiger partial charge on any atom is 0.241 e. The molecule has 3 aromatic rings. The van der Waals surface area contributed by atoms with Gasteiger partial charge in [0, 0.05) is 24.8 Å². The van der Waals surface area contributed by atoms with Crippen LogP contribution in [0.5, 0.6) is 5.75 Å². The second-order valence-electron chi connectivity index (χ2n) is 5.58. The Morgan fingerprint density at radius 3 is 2.71 bits per heavy atom. The smallest absolute Gasteiger partial charge is 0.241 e. The molecule has 7 heteroatoms. The maximum atomic E-state index is 5.37. The minimum absolute atomic E-state index is 0.581. The first-order valence-electron chi connectivity index (χ1n) is 7.84. The van der Waals surface area contributed by atoms with Crippen LogP contribution in [0.3, 0.4) is 0 Å². The third-order valence-electron chi connectivity index (χ3n) is 3.79. The van der Waals surface area contributed by atoms with Crippen molar-refractivity contribution in [2.45, 2.75) is 26.6 Å². The lowest BCUT2D eigenvalue weighted by atomic mass is 10.2. The summed E-state index contributed by atoms with van der Waals surface area (Å²) in [5.41, 5.74) is 2.06. The van der Waals surface area contributed by atoms with Gasteiger partial charge in [0.2, 0.25) is 11.7 Å². The second kappa shape index (κ2) is 7.27. The summed E-state index contributed by atoms with van der Waals surface area (Å²) in [7, 11) is 3.66. The molecule has 0 N–H and O–H groups in total. The van der Waals surface area contributed by atoms with Crippen molar-refractivity contribution in [2.24, 2.45) is 0 Å². The first kappa shape index (κ1) is 16.2. The molecule has 0 fully saturated rings. The first-order chi connectivity index (χ1) is 11.7. The molecule has 1 aromatic carbocycles. The summed E-state index contributed by atoms with van der Waals surface area (Å²) < 4.78 is 12.6. The highest BCUT2D eigenvalue weighted by Crippen LogP contribution is 2.20. The Kier molecular flexibility index (Phi) is 4.90. The van der Waals surface area contributed by atoms with Crippen molar-refractivity contribution in [3.8, 4) is 17.1 Å². The van der Waals surface area contributed by atoms with Crippen LogP contribution < -0.4 is 4.74 Å². The number of hydrogen-bond acceptors (Lipinski definition) is 6. The molecule has 0 unspecified atom stereocenters. The van der Waals surface area contributed by atoms with E-state index in [1.54, 1.807) is 7.11 Å². The highest BCUT2D eigenvalue weighted by Gasteiger charge is 2.12. The molecular weight excluding hydrogens is 306 g/mol. The largest absolute Gasteiger partial charge is 0.497 e. The number of imidazole rings is 1. The van der Waals surface area contributed by atoms with Crippen molar-refractivity contribution in [2.75, 3.05) is 14.2 Å². The predicted octanol–water partition coefficient (Wildman–Crippen LogP) is 2.59. The molecule has 126 valence electrons. The van der Waals surface area contributed by atoms with Crippen molar-refractivity contribution in [1.82, 2.24) is 24.6 Å². The normalized spacial score (nSPS) is 11.2. The van der Waals surface area contributed by atoms with E-state index in [0.717, 1.165) is 30.1 Å². The summed E-state index contributed by atoms with van der Waals surface area (Å²) >= 11 is 0. The quantitative estimate of drug-likeness (QED) is 0.664. The molecule has 7 nitrogen and oxygen atoms in total. The number of hydrogen-bond donors (Lipinski definition) is 0. The highest BCUT2D eigenvalue weighted by atomic mass is 16.5. The van der Waals surface area contributed by atoms with Gasteiger partial charge in [-0.2, -0.15) is 4.98 Å². The lowest BCUT2D eigenvalue weighted by Gasteiger charge is -2.14. The average molecular weight is 327 g/mol. The number of benzene rings is 1. The van der Waals surface area contributed by atoms with E-state index >= 15 is 0 Å². The third-order valence-corrected chi connectivity index (χ3v) is 3.79. The summed E-state index contributed by atoms with van der Waals surface area (Å²) in [6.07, 6.45) is 3.73. The molecule has 0 aliphatic heterocycles. The van der Waals surface area contributed by atoms with Crippen molar-refractivity contribution in [3.05, 3.63) is 48.4 Å². The van der Waals surface area contributed by atoms with E-state index in [1.165, 1.54) is 0 Å². The van der Waals surface area contributed by atoms with Crippen LogP contribution in [0.4, 0.5) is 0 Å². The van der Waals surface area contributed by atoms with Crippen LogP contribution >= 0.6 is 0 Å². The van der Waals surface area contributed by atoms with Gasteiger partial charge < -0.3 is 13.8 Å². The second-order valence-corrected chi connectivity index (χ2v) is 5.58. The van der Waals surface area contributed by atoms with E-state index in [4.69, 9.17) is 9.26 Å². The van der Waals surface area contributed by atoms with E-state index in [9.17, 15) is 0 Å².